The van der Waals surface area contributed by atoms with E-state index >= 15 is 0 Å². The van der Waals surface area contributed by atoms with E-state index in [0.717, 1.165) is 30.6 Å². The van der Waals surface area contributed by atoms with Crippen molar-refractivity contribution in [3.05, 3.63) is 0 Å². The zero-order valence-corrected chi connectivity index (χ0v) is 22.4. The molecule has 2 nitrogen and oxygen atoms in total. The van der Waals surface area contributed by atoms with Crippen molar-refractivity contribution < 1.29 is 5.11 Å². The molecule has 1 saturated heterocycles. The van der Waals surface area contributed by atoms with E-state index in [-0.39, 0.29) is 6.10 Å². The van der Waals surface area contributed by atoms with Crippen LogP contribution in [0.15, 0.2) is 0 Å². The molecule has 1 N–H and O–H groups in total. The first-order valence-corrected chi connectivity index (χ1v) is 12.3. The average Bonchev–Trinajstić information content (AvgIpc) is 2.54. The second-order valence-corrected chi connectivity index (χ2v) is 13.3. The van der Waals surface area contributed by atoms with Crippen LogP contribution in [-0.4, -0.2) is 36.2 Å². The zero-order chi connectivity index (χ0) is 23.0. The fourth-order valence-corrected chi connectivity index (χ4v) is 3.82. The minimum atomic E-state index is -0.00593. The zero-order valence-electron chi connectivity index (χ0n) is 22.4. The maximum absolute atomic E-state index is 9.29. The van der Waals surface area contributed by atoms with E-state index in [1.165, 1.54) is 38.8 Å². The van der Waals surface area contributed by atoms with E-state index in [1.807, 2.05) is 0 Å². The standard InChI is InChI=1S/C10H21N.C10H20O.C7H16/c1-10(2,3)9-5-7-11(4)8-6-9;1-10(2,3)8-4-6-9(11)7-5-8;1-6(2)7(3,4)5/h9H,5-8H2,1-4H3;8-9,11H,4-7H2,1-3H3;6H,1-5H3. The van der Waals surface area contributed by atoms with Gasteiger partial charge in [-0.25, -0.2) is 0 Å². The van der Waals surface area contributed by atoms with Crippen molar-refractivity contribution in [3.63, 3.8) is 0 Å². The molecule has 0 aromatic rings. The highest BCUT2D eigenvalue weighted by Crippen LogP contribution is 2.37. The van der Waals surface area contributed by atoms with Gasteiger partial charge in [0.05, 0.1) is 6.10 Å². The third kappa shape index (κ3) is 13.0. The molecule has 1 heterocycles. The van der Waals surface area contributed by atoms with Crippen molar-refractivity contribution in [3.8, 4) is 0 Å². The van der Waals surface area contributed by atoms with Gasteiger partial charge in [0.1, 0.15) is 0 Å². The van der Waals surface area contributed by atoms with Gasteiger partial charge in [0, 0.05) is 0 Å². The van der Waals surface area contributed by atoms with Crippen molar-refractivity contribution in [2.75, 3.05) is 20.1 Å². The van der Waals surface area contributed by atoms with Crippen LogP contribution in [0.2, 0.25) is 0 Å². The van der Waals surface area contributed by atoms with Gasteiger partial charge in [0.15, 0.2) is 0 Å². The summed E-state index contributed by atoms with van der Waals surface area (Å²) in [7, 11) is 2.22. The number of hydrogen-bond acceptors (Lipinski definition) is 2. The molecule has 0 bridgehead atoms. The number of piperidine rings is 1. The van der Waals surface area contributed by atoms with E-state index in [1.54, 1.807) is 0 Å². The van der Waals surface area contributed by atoms with Crippen LogP contribution in [0.25, 0.3) is 0 Å². The van der Waals surface area contributed by atoms with Crippen LogP contribution in [0.1, 0.15) is 115 Å². The lowest BCUT2D eigenvalue weighted by atomic mass is 9.72. The van der Waals surface area contributed by atoms with Crippen LogP contribution < -0.4 is 0 Å². The van der Waals surface area contributed by atoms with E-state index in [0.29, 0.717) is 16.2 Å². The van der Waals surface area contributed by atoms with Gasteiger partial charge in [-0.05, 0) is 92.7 Å². The predicted molar refractivity (Wildman–Crippen MR) is 131 cm³/mol. The summed E-state index contributed by atoms with van der Waals surface area (Å²) < 4.78 is 0. The fraction of sp³-hybridized carbons (Fsp3) is 1.00. The molecule has 29 heavy (non-hydrogen) atoms. The summed E-state index contributed by atoms with van der Waals surface area (Å²) >= 11 is 0. The molecule has 0 aromatic heterocycles. The smallest absolute Gasteiger partial charge is 0.0540 e. The number of likely N-dealkylation sites (tertiary alicyclic amines) is 1. The van der Waals surface area contributed by atoms with Crippen LogP contribution in [0.4, 0.5) is 0 Å². The molecule has 0 radical (unpaired) electrons. The van der Waals surface area contributed by atoms with Gasteiger partial charge in [0.2, 0.25) is 0 Å². The lowest BCUT2D eigenvalue weighted by molar-refractivity contribution is 0.0725. The number of aliphatic hydroxyl groups is 1. The highest BCUT2D eigenvalue weighted by Gasteiger charge is 2.29. The summed E-state index contributed by atoms with van der Waals surface area (Å²) in [5.41, 5.74) is 1.47. The quantitative estimate of drug-likeness (QED) is 0.442. The summed E-state index contributed by atoms with van der Waals surface area (Å²) in [6.45, 7) is 27.9. The van der Waals surface area contributed by atoms with Gasteiger partial charge in [-0.15, -0.1) is 0 Å². The van der Waals surface area contributed by atoms with Gasteiger partial charge < -0.3 is 10.0 Å². The molecule has 2 rings (SSSR count). The van der Waals surface area contributed by atoms with Crippen molar-refractivity contribution in [1.82, 2.24) is 4.90 Å². The SMILES string of the molecule is CC(C)(C)C1CCC(O)CC1.CC(C)C(C)(C)C.CN1CCC(C(C)(C)C)CC1. The molecule has 2 fully saturated rings. The predicted octanol–water partition coefficient (Wildman–Crippen LogP) is 7.65. The molecule has 0 aromatic carbocycles. The molecular weight excluding hydrogens is 354 g/mol. The Morgan fingerprint density at radius 2 is 0.966 bits per heavy atom. The van der Waals surface area contributed by atoms with Crippen molar-refractivity contribution in [2.24, 2.45) is 34.0 Å². The second kappa shape index (κ2) is 12.1. The molecule has 0 amide bonds. The maximum atomic E-state index is 9.29. The molecule has 2 heteroatoms. The first-order valence-electron chi connectivity index (χ1n) is 12.3. The molecule has 0 atom stereocenters. The van der Waals surface area contributed by atoms with Crippen LogP contribution in [0.3, 0.4) is 0 Å². The van der Waals surface area contributed by atoms with E-state index in [4.69, 9.17) is 0 Å². The lowest BCUT2D eigenvalue weighted by Gasteiger charge is -2.37. The highest BCUT2D eigenvalue weighted by molar-refractivity contribution is 4.80. The fourth-order valence-electron chi connectivity index (χ4n) is 3.82. The number of nitrogens with zero attached hydrogens (tertiary/aromatic N) is 1. The molecule has 0 unspecified atom stereocenters. The molecule has 176 valence electrons. The number of rotatable bonds is 0. The number of aliphatic hydroxyl groups excluding tert-OH is 1. The molecule has 1 saturated carbocycles. The lowest BCUT2D eigenvalue weighted by Crippen LogP contribution is -2.35. The van der Waals surface area contributed by atoms with Crippen molar-refractivity contribution in [1.29, 1.82) is 0 Å². The summed E-state index contributed by atoms with van der Waals surface area (Å²) in [4.78, 5) is 2.43. The van der Waals surface area contributed by atoms with Crippen molar-refractivity contribution in [2.45, 2.75) is 121 Å². The minimum Gasteiger partial charge on any atom is -0.393 e. The van der Waals surface area contributed by atoms with Gasteiger partial charge in [-0.2, -0.15) is 0 Å². The summed E-state index contributed by atoms with van der Waals surface area (Å²) in [6, 6.07) is 0. The Labute approximate surface area is 185 Å². The molecule has 1 aliphatic heterocycles. The van der Waals surface area contributed by atoms with Gasteiger partial charge in [-0.1, -0.05) is 76.2 Å². The van der Waals surface area contributed by atoms with Crippen LogP contribution in [-0.2, 0) is 0 Å². The second-order valence-electron chi connectivity index (χ2n) is 13.3. The Bertz CT molecular complexity index is 373. The van der Waals surface area contributed by atoms with Crippen LogP contribution >= 0.6 is 0 Å². The number of hydrogen-bond donors (Lipinski definition) is 1. The Kier molecular flexibility index (Phi) is 12.1. The van der Waals surface area contributed by atoms with E-state index in [9.17, 15) is 5.11 Å². The van der Waals surface area contributed by atoms with Gasteiger partial charge in [-0.3, -0.25) is 0 Å². The summed E-state index contributed by atoms with van der Waals surface area (Å²) in [6.07, 6.45) is 7.23. The first-order chi connectivity index (χ1) is 12.9. The largest absolute Gasteiger partial charge is 0.393 e. The normalized spacial score (nSPS) is 25.0. The minimum absolute atomic E-state index is 0.00593. The summed E-state index contributed by atoms with van der Waals surface area (Å²) in [5, 5.41) is 9.29. The van der Waals surface area contributed by atoms with Crippen LogP contribution in [0.5, 0.6) is 0 Å². The topological polar surface area (TPSA) is 23.5 Å². The van der Waals surface area contributed by atoms with Gasteiger partial charge in [0.25, 0.3) is 0 Å². The van der Waals surface area contributed by atoms with Gasteiger partial charge >= 0.3 is 0 Å². The Balaban J connectivity index is 0.000000419. The van der Waals surface area contributed by atoms with Crippen molar-refractivity contribution >= 4 is 0 Å². The van der Waals surface area contributed by atoms with E-state index in [2.05, 4.69) is 88.1 Å². The third-order valence-corrected chi connectivity index (χ3v) is 7.60. The summed E-state index contributed by atoms with van der Waals surface area (Å²) in [5.74, 6) is 2.57. The molecule has 2 aliphatic rings. The Morgan fingerprint density at radius 1 is 0.655 bits per heavy atom. The monoisotopic (exact) mass is 411 g/mol. The first kappa shape index (κ1) is 28.9. The van der Waals surface area contributed by atoms with Crippen LogP contribution in [0, 0.1) is 34.0 Å². The Hall–Kier alpha value is -0.0800. The molecule has 1 aliphatic carbocycles. The van der Waals surface area contributed by atoms with E-state index < -0.39 is 0 Å². The third-order valence-electron chi connectivity index (χ3n) is 7.60. The molecular formula is C27H57NO. The molecule has 0 spiro atoms. The maximum Gasteiger partial charge on any atom is 0.0540 e. The average molecular weight is 412 g/mol. The Morgan fingerprint density at radius 3 is 1.24 bits per heavy atom. The highest BCUT2D eigenvalue weighted by atomic mass is 16.3.